The van der Waals surface area contributed by atoms with Crippen molar-refractivity contribution in [3.8, 4) is 0 Å². The summed E-state index contributed by atoms with van der Waals surface area (Å²) in [5.41, 5.74) is 3.18. The number of anilines is 1. The van der Waals surface area contributed by atoms with E-state index in [0.29, 0.717) is 6.54 Å². The van der Waals surface area contributed by atoms with Crippen molar-refractivity contribution >= 4 is 5.69 Å². The first-order chi connectivity index (χ1) is 9.39. The summed E-state index contributed by atoms with van der Waals surface area (Å²) in [6.07, 6.45) is 2.65. The molecule has 0 saturated heterocycles. The van der Waals surface area contributed by atoms with Gasteiger partial charge in [-0.1, -0.05) is 12.1 Å². The van der Waals surface area contributed by atoms with Crippen LogP contribution < -0.4 is 10.2 Å². The molecule has 0 aromatic heterocycles. The summed E-state index contributed by atoms with van der Waals surface area (Å²) in [6.45, 7) is 10.5. The lowest BCUT2D eigenvalue weighted by Gasteiger charge is -2.31. The number of aliphatic hydroxyl groups is 1. The molecule has 3 nitrogen and oxygen atoms in total. The van der Waals surface area contributed by atoms with E-state index in [9.17, 15) is 5.11 Å². The standard InChI is InChI=1S/C17H28N2O/c1-5-19(12-17(3,4)20)16-9-6-14(10-13(16)2)11-18-15-7-8-15/h6,9-10,15,18,20H,5,7-8,11-12H2,1-4H3. The van der Waals surface area contributed by atoms with Gasteiger partial charge in [0.15, 0.2) is 0 Å². The van der Waals surface area contributed by atoms with Crippen LogP contribution in [0.2, 0.25) is 0 Å². The Bertz CT molecular complexity index is 447. The quantitative estimate of drug-likeness (QED) is 0.804. The average molecular weight is 276 g/mol. The fourth-order valence-corrected chi connectivity index (χ4v) is 2.57. The number of aryl methyl sites for hydroxylation is 1. The molecule has 1 aromatic carbocycles. The highest BCUT2D eigenvalue weighted by molar-refractivity contribution is 5.54. The molecule has 2 rings (SSSR count). The summed E-state index contributed by atoms with van der Waals surface area (Å²) >= 11 is 0. The van der Waals surface area contributed by atoms with Crippen LogP contribution in [0.25, 0.3) is 0 Å². The minimum Gasteiger partial charge on any atom is -0.389 e. The molecule has 0 unspecified atom stereocenters. The highest BCUT2D eigenvalue weighted by atomic mass is 16.3. The normalized spacial score (nSPS) is 15.4. The number of likely N-dealkylation sites (N-methyl/N-ethyl adjacent to an activating group) is 1. The lowest BCUT2D eigenvalue weighted by atomic mass is 10.1. The fraction of sp³-hybridized carbons (Fsp3) is 0.647. The van der Waals surface area contributed by atoms with E-state index < -0.39 is 5.60 Å². The van der Waals surface area contributed by atoms with Gasteiger partial charge in [0.25, 0.3) is 0 Å². The largest absolute Gasteiger partial charge is 0.389 e. The number of benzene rings is 1. The van der Waals surface area contributed by atoms with Crippen molar-refractivity contribution in [3.63, 3.8) is 0 Å². The third-order valence-corrected chi connectivity index (χ3v) is 3.73. The Labute approximate surface area is 123 Å². The third kappa shape index (κ3) is 4.50. The van der Waals surface area contributed by atoms with Crippen molar-refractivity contribution in [2.24, 2.45) is 0 Å². The predicted molar refractivity (Wildman–Crippen MR) is 85.2 cm³/mol. The van der Waals surface area contributed by atoms with Gasteiger partial charge in [-0.25, -0.2) is 0 Å². The zero-order chi connectivity index (χ0) is 14.8. The Hall–Kier alpha value is -1.06. The van der Waals surface area contributed by atoms with Gasteiger partial charge in [0.2, 0.25) is 0 Å². The van der Waals surface area contributed by atoms with Gasteiger partial charge in [0, 0.05) is 31.4 Å². The molecule has 0 radical (unpaired) electrons. The van der Waals surface area contributed by atoms with Crippen molar-refractivity contribution in [1.29, 1.82) is 0 Å². The number of rotatable bonds is 7. The van der Waals surface area contributed by atoms with Crippen LogP contribution in [-0.2, 0) is 6.54 Å². The molecule has 3 heteroatoms. The van der Waals surface area contributed by atoms with Crippen LogP contribution in [0.5, 0.6) is 0 Å². The topological polar surface area (TPSA) is 35.5 Å². The maximum atomic E-state index is 10.0. The second-order valence-electron chi connectivity index (χ2n) is 6.60. The maximum absolute atomic E-state index is 10.0. The molecule has 0 aliphatic heterocycles. The lowest BCUT2D eigenvalue weighted by Crippen LogP contribution is -2.39. The molecular weight excluding hydrogens is 248 g/mol. The molecule has 0 bridgehead atoms. The SMILES string of the molecule is CCN(CC(C)(C)O)c1ccc(CNC2CC2)cc1C. The highest BCUT2D eigenvalue weighted by Gasteiger charge is 2.21. The van der Waals surface area contributed by atoms with Gasteiger partial charge in [0.05, 0.1) is 5.60 Å². The number of hydrogen-bond acceptors (Lipinski definition) is 3. The first-order valence-corrected chi connectivity index (χ1v) is 7.69. The second-order valence-corrected chi connectivity index (χ2v) is 6.60. The summed E-state index contributed by atoms with van der Waals surface area (Å²) in [6, 6.07) is 7.40. The monoisotopic (exact) mass is 276 g/mol. The minimum atomic E-state index is -0.672. The van der Waals surface area contributed by atoms with E-state index in [-0.39, 0.29) is 0 Å². The minimum absolute atomic E-state index is 0.657. The van der Waals surface area contributed by atoms with Crippen LogP contribution in [0.1, 0.15) is 44.7 Å². The van der Waals surface area contributed by atoms with E-state index in [1.165, 1.54) is 29.7 Å². The second kappa shape index (κ2) is 6.15. The Morgan fingerprint density at radius 3 is 2.55 bits per heavy atom. The van der Waals surface area contributed by atoms with E-state index in [0.717, 1.165) is 19.1 Å². The van der Waals surface area contributed by atoms with E-state index in [2.05, 4.69) is 42.3 Å². The van der Waals surface area contributed by atoms with Gasteiger partial charge in [-0.05, 0) is 57.7 Å². The molecule has 0 spiro atoms. The summed E-state index contributed by atoms with van der Waals surface area (Å²) in [4.78, 5) is 2.24. The predicted octanol–water partition coefficient (Wildman–Crippen LogP) is 2.84. The molecular formula is C17H28N2O. The third-order valence-electron chi connectivity index (χ3n) is 3.73. The van der Waals surface area contributed by atoms with E-state index in [1.807, 2.05) is 13.8 Å². The molecule has 1 saturated carbocycles. The molecule has 112 valence electrons. The highest BCUT2D eigenvalue weighted by Crippen LogP contribution is 2.24. The summed E-state index contributed by atoms with van der Waals surface area (Å²) in [5.74, 6) is 0. The zero-order valence-corrected chi connectivity index (χ0v) is 13.2. The number of nitrogens with one attached hydrogen (secondary N) is 1. The van der Waals surface area contributed by atoms with Gasteiger partial charge in [-0.2, -0.15) is 0 Å². The van der Waals surface area contributed by atoms with Gasteiger partial charge in [-0.3, -0.25) is 0 Å². The molecule has 1 aromatic rings. The van der Waals surface area contributed by atoms with E-state index in [4.69, 9.17) is 0 Å². The maximum Gasteiger partial charge on any atom is 0.0765 e. The summed E-state index contributed by atoms with van der Waals surface area (Å²) < 4.78 is 0. The Kier molecular flexibility index (Phi) is 4.71. The smallest absolute Gasteiger partial charge is 0.0765 e. The fourth-order valence-electron chi connectivity index (χ4n) is 2.57. The van der Waals surface area contributed by atoms with Gasteiger partial charge in [-0.15, -0.1) is 0 Å². The van der Waals surface area contributed by atoms with E-state index >= 15 is 0 Å². The van der Waals surface area contributed by atoms with Crippen molar-refractivity contribution in [2.45, 2.75) is 58.7 Å². The van der Waals surface area contributed by atoms with E-state index in [1.54, 1.807) is 0 Å². The van der Waals surface area contributed by atoms with Crippen molar-refractivity contribution < 1.29 is 5.11 Å². The van der Waals surface area contributed by atoms with Crippen LogP contribution in [0.3, 0.4) is 0 Å². The molecule has 0 heterocycles. The van der Waals surface area contributed by atoms with Crippen molar-refractivity contribution in [3.05, 3.63) is 29.3 Å². The zero-order valence-electron chi connectivity index (χ0n) is 13.2. The molecule has 1 fully saturated rings. The average Bonchev–Trinajstić information content (AvgIpc) is 3.17. The first-order valence-electron chi connectivity index (χ1n) is 7.69. The number of nitrogens with zero attached hydrogens (tertiary/aromatic N) is 1. The molecule has 0 atom stereocenters. The molecule has 20 heavy (non-hydrogen) atoms. The molecule has 0 amide bonds. The van der Waals surface area contributed by atoms with Gasteiger partial charge >= 0.3 is 0 Å². The van der Waals surface area contributed by atoms with Gasteiger partial charge in [0.1, 0.15) is 0 Å². The lowest BCUT2D eigenvalue weighted by molar-refractivity contribution is 0.0876. The Morgan fingerprint density at radius 1 is 1.35 bits per heavy atom. The Morgan fingerprint density at radius 2 is 2.05 bits per heavy atom. The number of hydrogen-bond donors (Lipinski definition) is 2. The van der Waals surface area contributed by atoms with Crippen LogP contribution in [-0.4, -0.2) is 29.8 Å². The van der Waals surface area contributed by atoms with Crippen LogP contribution >= 0.6 is 0 Å². The molecule has 1 aliphatic carbocycles. The van der Waals surface area contributed by atoms with Crippen LogP contribution in [0, 0.1) is 6.92 Å². The molecule has 2 N–H and O–H groups in total. The molecule has 1 aliphatic rings. The summed E-state index contributed by atoms with van der Waals surface area (Å²) in [7, 11) is 0. The van der Waals surface area contributed by atoms with Crippen molar-refractivity contribution in [2.75, 3.05) is 18.0 Å². The van der Waals surface area contributed by atoms with Crippen molar-refractivity contribution in [1.82, 2.24) is 5.32 Å². The first kappa shape index (κ1) is 15.3. The van der Waals surface area contributed by atoms with Crippen LogP contribution in [0.4, 0.5) is 5.69 Å². The summed E-state index contributed by atoms with van der Waals surface area (Å²) in [5, 5.41) is 13.6. The van der Waals surface area contributed by atoms with Gasteiger partial charge < -0.3 is 15.3 Å². The van der Waals surface area contributed by atoms with Crippen LogP contribution in [0.15, 0.2) is 18.2 Å². The Balaban J connectivity index is 2.06.